The third-order valence-electron chi connectivity index (χ3n) is 2.54. The summed E-state index contributed by atoms with van der Waals surface area (Å²) < 4.78 is 1.63. The molecular weight excluding hydrogens is 252 g/mol. The van der Waals surface area contributed by atoms with Crippen LogP contribution in [-0.2, 0) is 11.2 Å². The molecule has 0 fully saturated rings. The van der Waals surface area contributed by atoms with Gasteiger partial charge in [-0.3, -0.25) is 4.79 Å². The quantitative estimate of drug-likeness (QED) is 0.667. The normalized spacial score (nSPS) is 11.1. The van der Waals surface area contributed by atoms with Crippen LogP contribution in [0.1, 0.15) is 24.0 Å². The van der Waals surface area contributed by atoms with Gasteiger partial charge in [0.1, 0.15) is 10.9 Å². The van der Waals surface area contributed by atoms with E-state index in [2.05, 4.69) is 15.1 Å². The summed E-state index contributed by atoms with van der Waals surface area (Å²) in [5, 5.41) is 13.9. The lowest BCUT2D eigenvalue weighted by Gasteiger charge is -2.10. The molecule has 2 aromatic heterocycles. The predicted molar refractivity (Wildman–Crippen MR) is 68.0 cm³/mol. The molecule has 0 amide bonds. The molecule has 0 atom stereocenters. The SMILES string of the molecule is CCc1c(C)nc2nc(C)nn2c1SCC(=O)O. The van der Waals surface area contributed by atoms with Gasteiger partial charge in [0.2, 0.25) is 0 Å². The second-order valence-corrected chi connectivity index (χ2v) is 4.85. The molecule has 0 aliphatic heterocycles. The summed E-state index contributed by atoms with van der Waals surface area (Å²) in [7, 11) is 0. The lowest BCUT2D eigenvalue weighted by Crippen LogP contribution is -2.07. The molecule has 0 saturated heterocycles. The second kappa shape index (κ2) is 4.93. The molecule has 0 spiro atoms. The van der Waals surface area contributed by atoms with Crippen molar-refractivity contribution in [2.75, 3.05) is 5.75 Å². The largest absolute Gasteiger partial charge is 0.481 e. The van der Waals surface area contributed by atoms with Crippen molar-refractivity contribution in [2.24, 2.45) is 0 Å². The zero-order valence-corrected chi connectivity index (χ0v) is 11.3. The monoisotopic (exact) mass is 266 g/mol. The summed E-state index contributed by atoms with van der Waals surface area (Å²) in [5.74, 6) is 0.314. The number of aliphatic carboxylic acids is 1. The maximum absolute atomic E-state index is 10.7. The number of aromatic nitrogens is 4. The Labute approximate surface area is 108 Å². The van der Waals surface area contributed by atoms with Gasteiger partial charge in [0.05, 0.1) is 5.75 Å². The van der Waals surface area contributed by atoms with E-state index in [1.165, 1.54) is 11.8 Å². The molecule has 2 rings (SSSR count). The molecule has 1 N–H and O–H groups in total. The number of fused-ring (bicyclic) bond motifs is 1. The van der Waals surface area contributed by atoms with Gasteiger partial charge in [-0.25, -0.2) is 4.98 Å². The van der Waals surface area contributed by atoms with Gasteiger partial charge in [0.15, 0.2) is 0 Å². The molecule has 2 aromatic rings. The Morgan fingerprint density at radius 1 is 1.39 bits per heavy atom. The number of carboxylic acid groups (broad SMARTS) is 1. The van der Waals surface area contributed by atoms with Crippen LogP contribution in [0.3, 0.4) is 0 Å². The summed E-state index contributed by atoms with van der Waals surface area (Å²) in [6.45, 7) is 5.72. The van der Waals surface area contributed by atoms with Crippen molar-refractivity contribution in [3.8, 4) is 0 Å². The highest BCUT2D eigenvalue weighted by molar-refractivity contribution is 7.99. The van der Waals surface area contributed by atoms with Gasteiger partial charge >= 0.3 is 5.97 Å². The van der Waals surface area contributed by atoms with Crippen LogP contribution in [0.4, 0.5) is 0 Å². The predicted octanol–water partition coefficient (Wildman–Crippen LogP) is 1.48. The lowest BCUT2D eigenvalue weighted by molar-refractivity contribution is -0.133. The molecule has 6 nitrogen and oxygen atoms in total. The Hall–Kier alpha value is -1.63. The first-order chi connectivity index (χ1) is 8.52. The molecular formula is C11H14N4O2S. The van der Waals surface area contributed by atoms with Crippen LogP contribution >= 0.6 is 11.8 Å². The first-order valence-corrected chi connectivity index (χ1v) is 6.59. The van der Waals surface area contributed by atoms with E-state index >= 15 is 0 Å². The molecule has 7 heteroatoms. The number of carboxylic acids is 1. The minimum atomic E-state index is -0.846. The summed E-state index contributed by atoms with van der Waals surface area (Å²) in [6.07, 6.45) is 0.787. The highest BCUT2D eigenvalue weighted by Gasteiger charge is 2.15. The van der Waals surface area contributed by atoms with Crippen LogP contribution in [-0.4, -0.2) is 36.4 Å². The van der Waals surface area contributed by atoms with E-state index in [9.17, 15) is 4.79 Å². The van der Waals surface area contributed by atoms with Crippen LogP contribution in [0.5, 0.6) is 0 Å². The van der Waals surface area contributed by atoms with Gasteiger partial charge in [-0.2, -0.15) is 9.50 Å². The zero-order chi connectivity index (χ0) is 13.3. The molecule has 96 valence electrons. The summed E-state index contributed by atoms with van der Waals surface area (Å²) in [6, 6.07) is 0. The number of nitrogens with zero attached hydrogens (tertiary/aromatic N) is 4. The van der Waals surface area contributed by atoms with Crippen molar-refractivity contribution in [1.29, 1.82) is 0 Å². The van der Waals surface area contributed by atoms with Crippen molar-refractivity contribution in [3.05, 3.63) is 17.1 Å². The molecule has 0 aliphatic carbocycles. The highest BCUT2D eigenvalue weighted by atomic mass is 32.2. The molecule has 0 unspecified atom stereocenters. The van der Waals surface area contributed by atoms with Gasteiger partial charge in [-0.05, 0) is 20.3 Å². The molecule has 18 heavy (non-hydrogen) atoms. The Morgan fingerprint density at radius 2 is 2.11 bits per heavy atom. The Morgan fingerprint density at radius 3 is 2.72 bits per heavy atom. The maximum Gasteiger partial charge on any atom is 0.313 e. The fourth-order valence-corrected chi connectivity index (χ4v) is 2.77. The van der Waals surface area contributed by atoms with Crippen molar-refractivity contribution < 1.29 is 9.90 Å². The van der Waals surface area contributed by atoms with Crippen LogP contribution in [0.15, 0.2) is 5.03 Å². The van der Waals surface area contributed by atoms with Gasteiger partial charge in [0.25, 0.3) is 5.78 Å². The van der Waals surface area contributed by atoms with Crippen LogP contribution in [0.25, 0.3) is 5.78 Å². The fraction of sp³-hybridized carbons (Fsp3) is 0.455. The van der Waals surface area contributed by atoms with E-state index in [1.54, 1.807) is 11.4 Å². The Balaban J connectivity index is 2.59. The number of hydrogen-bond donors (Lipinski definition) is 1. The molecule has 0 saturated carbocycles. The van der Waals surface area contributed by atoms with E-state index in [-0.39, 0.29) is 5.75 Å². The molecule has 0 aliphatic rings. The minimum Gasteiger partial charge on any atom is -0.481 e. The number of aryl methyl sites for hydroxylation is 2. The standard InChI is InChI=1S/C11H14N4O2S/c1-4-8-6(2)12-11-13-7(3)14-15(11)10(8)18-5-9(16)17/h4-5H2,1-3H3,(H,16,17). The summed E-state index contributed by atoms with van der Waals surface area (Å²) in [5.41, 5.74) is 1.91. The van der Waals surface area contributed by atoms with Gasteiger partial charge < -0.3 is 5.11 Å². The Bertz CT molecular complexity index is 609. The van der Waals surface area contributed by atoms with E-state index in [4.69, 9.17) is 5.11 Å². The van der Waals surface area contributed by atoms with Gasteiger partial charge in [-0.15, -0.1) is 5.10 Å². The van der Waals surface area contributed by atoms with Crippen LogP contribution in [0, 0.1) is 13.8 Å². The fourth-order valence-electron chi connectivity index (χ4n) is 1.80. The van der Waals surface area contributed by atoms with Crippen molar-refractivity contribution in [3.63, 3.8) is 0 Å². The molecule has 0 bridgehead atoms. The van der Waals surface area contributed by atoms with Gasteiger partial charge in [0, 0.05) is 11.3 Å². The van der Waals surface area contributed by atoms with Crippen LogP contribution in [0.2, 0.25) is 0 Å². The number of carbonyl (C=O) groups is 1. The Kier molecular flexibility index (Phi) is 3.51. The van der Waals surface area contributed by atoms with Gasteiger partial charge in [-0.1, -0.05) is 18.7 Å². The van der Waals surface area contributed by atoms with Crippen molar-refractivity contribution >= 4 is 23.5 Å². The average Bonchev–Trinajstić information content (AvgIpc) is 2.65. The van der Waals surface area contributed by atoms with E-state index in [1.807, 2.05) is 13.8 Å². The van der Waals surface area contributed by atoms with Crippen LogP contribution < -0.4 is 0 Å². The summed E-state index contributed by atoms with van der Waals surface area (Å²) in [4.78, 5) is 19.3. The number of rotatable bonds is 4. The second-order valence-electron chi connectivity index (χ2n) is 3.89. The molecule has 0 aromatic carbocycles. The number of hydrogen-bond acceptors (Lipinski definition) is 5. The third kappa shape index (κ3) is 2.31. The maximum atomic E-state index is 10.7. The highest BCUT2D eigenvalue weighted by Crippen LogP contribution is 2.25. The van der Waals surface area contributed by atoms with E-state index in [0.29, 0.717) is 11.6 Å². The average molecular weight is 266 g/mol. The third-order valence-corrected chi connectivity index (χ3v) is 3.62. The zero-order valence-electron chi connectivity index (χ0n) is 10.5. The van der Waals surface area contributed by atoms with E-state index in [0.717, 1.165) is 22.7 Å². The molecule has 0 radical (unpaired) electrons. The van der Waals surface area contributed by atoms with Crippen molar-refractivity contribution in [2.45, 2.75) is 32.2 Å². The first kappa shape index (κ1) is 12.8. The topological polar surface area (TPSA) is 80.4 Å². The molecule has 2 heterocycles. The smallest absolute Gasteiger partial charge is 0.313 e. The lowest BCUT2D eigenvalue weighted by atomic mass is 10.2. The van der Waals surface area contributed by atoms with E-state index < -0.39 is 5.97 Å². The number of thioether (sulfide) groups is 1. The summed E-state index contributed by atoms with van der Waals surface area (Å²) >= 11 is 1.26. The first-order valence-electron chi connectivity index (χ1n) is 5.60. The minimum absolute atomic E-state index is 0.00443. The van der Waals surface area contributed by atoms with Crippen molar-refractivity contribution in [1.82, 2.24) is 19.6 Å².